The van der Waals surface area contributed by atoms with Crippen molar-refractivity contribution in [2.75, 3.05) is 24.4 Å². The van der Waals surface area contributed by atoms with Crippen molar-refractivity contribution in [2.24, 2.45) is 0 Å². The Morgan fingerprint density at radius 1 is 0.903 bits per heavy atom. The molecule has 0 atom stereocenters. The fraction of sp³-hybridized carbons (Fsp3) is 0.542. The molecule has 1 N–H and O–H groups in total. The first kappa shape index (κ1) is 25.4. The number of benzene rings is 1. The number of anilines is 2. The highest BCUT2D eigenvalue weighted by molar-refractivity contribution is 7.54. The zero-order chi connectivity index (χ0) is 23.4. The molecule has 0 bridgehead atoms. The molecule has 2 aromatic rings. The minimum atomic E-state index is -3.39. The smallest absolute Gasteiger partial charge is 0.350 e. The number of pyridine rings is 1. The standard InChI is InChI=1S/C24H37N2O4P/c1-9-29-31(28,30-10-2)17-26(18-11-13-25-14-12-18)19-15-20(23(3,4)5)22(27)21(16-19)24(6,7)8/h11-16,27H,9-10,17H2,1-8H3. The SMILES string of the molecule is CCOP(=O)(CN(c1ccncc1)c1cc(C(C)(C)C)c(O)c(C(C)(C)C)c1)OCC. The van der Waals surface area contributed by atoms with E-state index in [-0.39, 0.29) is 30.3 Å². The molecule has 0 saturated carbocycles. The lowest BCUT2D eigenvalue weighted by Crippen LogP contribution is -2.23. The molecule has 0 radical (unpaired) electrons. The summed E-state index contributed by atoms with van der Waals surface area (Å²) < 4.78 is 24.6. The van der Waals surface area contributed by atoms with Crippen molar-refractivity contribution >= 4 is 19.0 Å². The van der Waals surface area contributed by atoms with Crippen molar-refractivity contribution in [1.82, 2.24) is 4.98 Å². The second-order valence-corrected chi connectivity index (χ2v) is 11.6. The topological polar surface area (TPSA) is 71.9 Å². The predicted octanol–water partition coefficient (Wildman–Crippen LogP) is 6.74. The summed E-state index contributed by atoms with van der Waals surface area (Å²) in [6.07, 6.45) is 3.45. The third kappa shape index (κ3) is 6.31. The molecule has 0 aliphatic carbocycles. The number of hydrogen-bond donors (Lipinski definition) is 1. The van der Waals surface area contributed by atoms with Crippen molar-refractivity contribution in [3.8, 4) is 5.75 Å². The largest absolute Gasteiger partial charge is 0.507 e. The lowest BCUT2D eigenvalue weighted by molar-refractivity contribution is 0.220. The number of nitrogens with zero attached hydrogens (tertiary/aromatic N) is 2. The van der Waals surface area contributed by atoms with Gasteiger partial charge in [0.15, 0.2) is 0 Å². The number of phenols is 1. The average molecular weight is 449 g/mol. The van der Waals surface area contributed by atoms with Crippen molar-refractivity contribution < 1.29 is 18.7 Å². The van der Waals surface area contributed by atoms with E-state index in [0.717, 1.165) is 22.5 Å². The summed E-state index contributed by atoms with van der Waals surface area (Å²) in [5, 5.41) is 11.1. The van der Waals surface area contributed by atoms with E-state index in [1.54, 1.807) is 26.2 Å². The van der Waals surface area contributed by atoms with E-state index in [4.69, 9.17) is 9.05 Å². The Bertz CT molecular complexity index is 872. The fourth-order valence-electron chi connectivity index (χ4n) is 3.44. The first-order chi connectivity index (χ1) is 14.3. The molecule has 2 rings (SSSR count). The molecule has 1 aromatic carbocycles. The highest BCUT2D eigenvalue weighted by Crippen LogP contribution is 2.51. The molecule has 0 fully saturated rings. The Hall–Kier alpha value is -1.88. The third-order valence-corrected chi connectivity index (χ3v) is 6.90. The molecule has 0 aliphatic heterocycles. The lowest BCUT2D eigenvalue weighted by atomic mass is 9.79. The molecule has 1 aromatic heterocycles. The van der Waals surface area contributed by atoms with Gasteiger partial charge in [0.1, 0.15) is 12.0 Å². The normalized spacial score (nSPS) is 12.8. The molecule has 6 nitrogen and oxygen atoms in total. The maximum atomic E-state index is 13.4. The molecule has 0 aliphatic rings. The maximum Gasteiger partial charge on any atom is 0.350 e. The lowest BCUT2D eigenvalue weighted by Gasteiger charge is -2.33. The molecule has 0 amide bonds. The van der Waals surface area contributed by atoms with Gasteiger partial charge >= 0.3 is 7.60 Å². The number of aromatic nitrogens is 1. The van der Waals surface area contributed by atoms with E-state index < -0.39 is 7.60 Å². The summed E-state index contributed by atoms with van der Waals surface area (Å²) >= 11 is 0. The monoisotopic (exact) mass is 448 g/mol. The van der Waals surface area contributed by atoms with Gasteiger partial charge in [-0.2, -0.15) is 0 Å². The Morgan fingerprint density at radius 3 is 1.74 bits per heavy atom. The molecule has 1 heterocycles. The summed E-state index contributed by atoms with van der Waals surface area (Å²) in [4.78, 5) is 6.05. The van der Waals surface area contributed by atoms with Gasteiger partial charge in [0.2, 0.25) is 0 Å². The van der Waals surface area contributed by atoms with Crippen molar-refractivity contribution in [1.29, 1.82) is 0 Å². The predicted molar refractivity (Wildman–Crippen MR) is 128 cm³/mol. The number of aromatic hydroxyl groups is 1. The minimum absolute atomic E-state index is 0.0522. The second kappa shape index (κ2) is 9.72. The van der Waals surface area contributed by atoms with E-state index >= 15 is 0 Å². The van der Waals surface area contributed by atoms with E-state index in [9.17, 15) is 9.67 Å². The van der Waals surface area contributed by atoms with Crippen LogP contribution in [0, 0.1) is 0 Å². The van der Waals surface area contributed by atoms with Gasteiger partial charge in [-0.05, 0) is 48.9 Å². The van der Waals surface area contributed by atoms with Gasteiger partial charge in [-0.3, -0.25) is 9.55 Å². The van der Waals surface area contributed by atoms with Crippen LogP contribution >= 0.6 is 7.60 Å². The van der Waals surface area contributed by atoms with Gasteiger partial charge < -0.3 is 19.1 Å². The average Bonchev–Trinajstić information content (AvgIpc) is 2.66. The highest BCUT2D eigenvalue weighted by Gasteiger charge is 2.32. The van der Waals surface area contributed by atoms with Crippen LogP contribution < -0.4 is 4.90 Å². The zero-order valence-electron chi connectivity index (χ0n) is 20.1. The van der Waals surface area contributed by atoms with Crippen LogP contribution in [0.1, 0.15) is 66.5 Å². The Kier molecular flexibility index (Phi) is 7.96. The Labute approximate surface area is 187 Å². The summed E-state index contributed by atoms with van der Waals surface area (Å²) in [5.74, 6) is 0.302. The summed E-state index contributed by atoms with van der Waals surface area (Å²) in [5.41, 5.74) is 2.73. The van der Waals surface area contributed by atoms with E-state index in [2.05, 4.69) is 46.5 Å². The molecular weight excluding hydrogens is 411 g/mol. The molecule has 7 heteroatoms. The van der Waals surface area contributed by atoms with Crippen LogP contribution in [0.25, 0.3) is 0 Å². The minimum Gasteiger partial charge on any atom is -0.507 e. The number of hydrogen-bond acceptors (Lipinski definition) is 6. The van der Waals surface area contributed by atoms with Gasteiger partial charge in [-0.1, -0.05) is 41.5 Å². The van der Waals surface area contributed by atoms with Crippen molar-refractivity contribution in [3.63, 3.8) is 0 Å². The van der Waals surface area contributed by atoms with Gasteiger partial charge in [0, 0.05) is 34.9 Å². The van der Waals surface area contributed by atoms with Crippen LogP contribution in [-0.2, 0) is 24.4 Å². The van der Waals surface area contributed by atoms with Crippen LogP contribution in [0.4, 0.5) is 11.4 Å². The van der Waals surface area contributed by atoms with Crippen molar-refractivity contribution in [2.45, 2.75) is 66.2 Å². The molecule has 172 valence electrons. The van der Waals surface area contributed by atoms with Gasteiger partial charge in [0.25, 0.3) is 0 Å². The van der Waals surface area contributed by atoms with Gasteiger partial charge in [-0.25, -0.2) is 0 Å². The van der Waals surface area contributed by atoms with Crippen LogP contribution in [-0.4, -0.2) is 29.6 Å². The summed E-state index contributed by atoms with van der Waals surface area (Å²) in [6, 6.07) is 7.66. The maximum absolute atomic E-state index is 13.4. The number of rotatable bonds is 8. The highest BCUT2D eigenvalue weighted by atomic mass is 31.2. The first-order valence-electron chi connectivity index (χ1n) is 10.8. The molecular formula is C24H37N2O4P. The van der Waals surface area contributed by atoms with Crippen LogP contribution in [0.15, 0.2) is 36.7 Å². The van der Waals surface area contributed by atoms with E-state index in [1.165, 1.54) is 0 Å². The molecule has 0 saturated heterocycles. The Balaban J connectivity index is 2.75. The van der Waals surface area contributed by atoms with Gasteiger partial charge in [0.05, 0.1) is 13.2 Å². The van der Waals surface area contributed by atoms with E-state index in [0.29, 0.717) is 5.75 Å². The van der Waals surface area contributed by atoms with Gasteiger partial charge in [-0.15, -0.1) is 0 Å². The Morgan fingerprint density at radius 2 is 1.35 bits per heavy atom. The van der Waals surface area contributed by atoms with Crippen LogP contribution in [0.5, 0.6) is 5.75 Å². The molecule has 0 spiro atoms. The van der Waals surface area contributed by atoms with Crippen LogP contribution in [0.2, 0.25) is 0 Å². The summed E-state index contributed by atoms with van der Waals surface area (Å²) in [7, 11) is -3.39. The quantitative estimate of drug-likeness (QED) is 0.451. The zero-order valence-corrected chi connectivity index (χ0v) is 21.0. The molecule has 31 heavy (non-hydrogen) atoms. The molecule has 0 unspecified atom stereocenters. The first-order valence-corrected chi connectivity index (χ1v) is 12.5. The second-order valence-electron chi connectivity index (χ2n) is 9.61. The van der Waals surface area contributed by atoms with Crippen molar-refractivity contribution in [3.05, 3.63) is 47.8 Å². The third-order valence-electron chi connectivity index (χ3n) is 4.96. The fourth-order valence-corrected chi connectivity index (χ4v) is 5.14. The van der Waals surface area contributed by atoms with E-state index in [1.807, 2.05) is 29.2 Å². The number of phenolic OH excluding ortho intramolecular Hbond substituents is 1. The summed E-state index contributed by atoms with van der Waals surface area (Å²) in [6.45, 7) is 16.6. The van der Waals surface area contributed by atoms with Crippen LogP contribution in [0.3, 0.4) is 0 Å².